The molecule has 1 saturated carbocycles. The van der Waals surface area contributed by atoms with Crippen molar-refractivity contribution in [3.05, 3.63) is 35.0 Å². The molecule has 1 spiro atoms. The Balaban J connectivity index is 1.57. The van der Waals surface area contributed by atoms with Gasteiger partial charge in [-0.3, -0.25) is 9.59 Å². The van der Waals surface area contributed by atoms with Crippen LogP contribution in [-0.4, -0.2) is 35.8 Å². The largest absolute Gasteiger partial charge is 0.352 e. The first-order valence-electron chi connectivity index (χ1n) is 9.62. The molecular formula is C21H25N3O2. The highest BCUT2D eigenvalue weighted by Crippen LogP contribution is 2.60. The van der Waals surface area contributed by atoms with Gasteiger partial charge in [0.2, 0.25) is 0 Å². The highest BCUT2D eigenvalue weighted by atomic mass is 16.1. The molecule has 26 heavy (non-hydrogen) atoms. The van der Waals surface area contributed by atoms with Crippen LogP contribution in [0.2, 0.25) is 0 Å². The smallest absolute Gasteiger partial charge is 0.251 e. The molecule has 0 radical (unpaired) electrons. The summed E-state index contributed by atoms with van der Waals surface area (Å²) in [4.78, 5) is 29.0. The predicted octanol–water partition coefficient (Wildman–Crippen LogP) is 2.90. The average Bonchev–Trinajstić information content (AvgIpc) is 3.03. The second-order valence-corrected chi connectivity index (χ2v) is 8.97. The normalized spacial score (nSPS) is 25.5. The number of H-pyrrole nitrogens is 1. The Kier molecular flexibility index (Phi) is 3.21. The number of hydrogen-bond acceptors (Lipinski definition) is 3. The van der Waals surface area contributed by atoms with Crippen LogP contribution < -0.4 is 10.6 Å². The number of aromatic nitrogens is 1. The number of nitrogens with one attached hydrogen (secondary N) is 3. The maximum absolute atomic E-state index is 13.0. The first-order chi connectivity index (χ1) is 12.4. The summed E-state index contributed by atoms with van der Waals surface area (Å²) in [6.07, 6.45) is 3.89. The molecule has 1 amide bonds. The van der Waals surface area contributed by atoms with E-state index < -0.39 is 0 Å². The quantitative estimate of drug-likeness (QED) is 0.779. The van der Waals surface area contributed by atoms with Crippen LogP contribution in [0.5, 0.6) is 0 Å². The van der Waals surface area contributed by atoms with Crippen LogP contribution in [-0.2, 0) is 5.41 Å². The minimum Gasteiger partial charge on any atom is -0.352 e. The molecule has 2 aromatic rings. The van der Waals surface area contributed by atoms with Gasteiger partial charge in [-0.05, 0) is 61.4 Å². The Morgan fingerprint density at radius 1 is 1.27 bits per heavy atom. The molecule has 5 rings (SSSR count). The lowest BCUT2D eigenvalue weighted by Gasteiger charge is -2.35. The Morgan fingerprint density at radius 3 is 2.77 bits per heavy atom. The standard InChI is InChI=1S/C21H25N3O2/c1-20(2)11-21(6-7-21)18(25)17-16(20)14-9-12(3-4-15(14)24-17)19(26)23-13-5-8-22-10-13/h3-4,9,13,22,24H,5-8,10-11H2,1-2H3,(H,23,26). The molecule has 2 heterocycles. The van der Waals surface area contributed by atoms with E-state index in [1.54, 1.807) is 0 Å². The van der Waals surface area contributed by atoms with E-state index in [1.807, 2.05) is 18.2 Å². The van der Waals surface area contributed by atoms with Crippen LogP contribution in [0.1, 0.15) is 65.9 Å². The Labute approximate surface area is 152 Å². The molecule has 5 nitrogen and oxygen atoms in total. The van der Waals surface area contributed by atoms with Gasteiger partial charge < -0.3 is 15.6 Å². The third kappa shape index (κ3) is 2.26. The highest BCUT2D eigenvalue weighted by Gasteiger charge is 2.57. The topological polar surface area (TPSA) is 74.0 Å². The molecule has 2 aliphatic carbocycles. The lowest BCUT2D eigenvalue weighted by atomic mass is 9.67. The molecule has 2 fully saturated rings. The molecule has 136 valence electrons. The van der Waals surface area contributed by atoms with Gasteiger partial charge >= 0.3 is 0 Å². The first-order valence-corrected chi connectivity index (χ1v) is 9.62. The summed E-state index contributed by atoms with van der Waals surface area (Å²) < 4.78 is 0. The number of fused-ring (bicyclic) bond motifs is 3. The fraction of sp³-hybridized carbons (Fsp3) is 0.524. The van der Waals surface area contributed by atoms with Gasteiger partial charge in [-0.2, -0.15) is 0 Å². The van der Waals surface area contributed by atoms with Crippen LogP contribution in [0, 0.1) is 5.41 Å². The molecule has 3 N–H and O–H groups in total. The predicted molar refractivity (Wildman–Crippen MR) is 101 cm³/mol. The van der Waals surface area contributed by atoms with E-state index in [0.717, 1.165) is 60.9 Å². The average molecular weight is 351 g/mol. The maximum Gasteiger partial charge on any atom is 0.251 e. The van der Waals surface area contributed by atoms with E-state index in [1.165, 1.54) is 0 Å². The van der Waals surface area contributed by atoms with Gasteiger partial charge in [0, 0.05) is 34.5 Å². The molecule has 1 aromatic heterocycles. The van der Waals surface area contributed by atoms with E-state index >= 15 is 0 Å². The summed E-state index contributed by atoms with van der Waals surface area (Å²) in [5.41, 5.74) is 3.28. The van der Waals surface area contributed by atoms with Crippen molar-refractivity contribution in [2.45, 2.75) is 51.0 Å². The van der Waals surface area contributed by atoms with Crippen molar-refractivity contribution in [3.63, 3.8) is 0 Å². The molecule has 1 aliphatic heterocycles. The molecule has 0 bridgehead atoms. The summed E-state index contributed by atoms with van der Waals surface area (Å²) in [6.45, 7) is 6.23. The van der Waals surface area contributed by atoms with E-state index in [9.17, 15) is 9.59 Å². The summed E-state index contributed by atoms with van der Waals surface area (Å²) in [7, 11) is 0. The number of Topliss-reactive ketones (excluding diaryl/α,β-unsaturated/α-hetero) is 1. The number of hydrogen-bond donors (Lipinski definition) is 3. The molecule has 3 aliphatic rings. The van der Waals surface area contributed by atoms with Gasteiger partial charge in [-0.25, -0.2) is 0 Å². The lowest BCUT2D eigenvalue weighted by molar-refractivity contribution is 0.0843. The van der Waals surface area contributed by atoms with Crippen molar-refractivity contribution < 1.29 is 9.59 Å². The molecular weight excluding hydrogens is 326 g/mol. The zero-order valence-corrected chi connectivity index (χ0v) is 15.4. The fourth-order valence-corrected chi connectivity index (χ4v) is 5.09. The number of carbonyl (C=O) groups is 2. The maximum atomic E-state index is 13.0. The third-order valence-electron chi connectivity index (χ3n) is 6.48. The van der Waals surface area contributed by atoms with Crippen LogP contribution in [0.15, 0.2) is 18.2 Å². The van der Waals surface area contributed by atoms with Crippen molar-refractivity contribution in [1.29, 1.82) is 0 Å². The number of carbonyl (C=O) groups excluding carboxylic acids is 2. The van der Waals surface area contributed by atoms with Crippen LogP contribution in [0.4, 0.5) is 0 Å². The van der Waals surface area contributed by atoms with Gasteiger partial charge in [-0.15, -0.1) is 0 Å². The second kappa shape index (κ2) is 5.19. The van der Waals surface area contributed by atoms with E-state index in [2.05, 4.69) is 29.5 Å². The summed E-state index contributed by atoms with van der Waals surface area (Å²) in [5, 5.41) is 7.39. The molecule has 1 saturated heterocycles. The minimum absolute atomic E-state index is 0.0332. The van der Waals surface area contributed by atoms with Gasteiger partial charge in [0.25, 0.3) is 5.91 Å². The van der Waals surface area contributed by atoms with Gasteiger partial charge in [0.1, 0.15) is 0 Å². The van der Waals surface area contributed by atoms with Gasteiger partial charge in [0.15, 0.2) is 5.78 Å². The summed E-state index contributed by atoms with van der Waals surface area (Å²) >= 11 is 0. The van der Waals surface area contributed by atoms with E-state index in [4.69, 9.17) is 0 Å². The van der Waals surface area contributed by atoms with E-state index in [-0.39, 0.29) is 28.6 Å². The molecule has 1 aromatic carbocycles. The first kappa shape index (κ1) is 16.1. The zero-order chi connectivity index (χ0) is 18.1. The summed E-state index contributed by atoms with van der Waals surface area (Å²) in [5.74, 6) is 0.236. The van der Waals surface area contributed by atoms with Crippen molar-refractivity contribution in [2.75, 3.05) is 13.1 Å². The SMILES string of the molecule is CC1(C)CC2(CC2)C(=O)c2[nH]c3ccc(C(=O)NC4CCNC4)cc3c21. The second-order valence-electron chi connectivity index (χ2n) is 8.97. The number of ketones is 1. The molecule has 1 atom stereocenters. The Hall–Kier alpha value is -2.14. The monoisotopic (exact) mass is 351 g/mol. The highest BCUT2D eigenvalue weighted by molar-refractivity contribution is 6.09. The third-order valence-corrected chi connectivity index (χ3v) is 6.48. The lowest BCUT2D eigenvalue weighted by Crippen LogP contribution is -2.36. The Bertz CT molecular complexity index is 930. The Morgan fingerprint density at radius 2 is 2.08 bits per heavy atom. The zero-order valence-electron chi connectivity index (χ0n) is 15.4. The van der Waals surface area contributed by atoms with Crippen LogP contribution >= 0.6 is 0 Å². The number of aromatic amines is 1. The fourth-order valence-electron chi connectivity index (χ4n) is 5.09. The van der Waals surface area contributed by atoms with Crippen molar-refractivity contribution >= 4 is 22.6 Å². The van der Waals surface area contributed by atoms with Crippen molar-refractivity contribution in [1.82, 2.24) is 15.6 Å². The minimum atomic E-state index is -0.132. The van der Waals surface area contributed by atoms with Crippen LogP contribution in [0.25, 0.3) is 10.9 Å². The van der Waals surface area contributed by atoms with Gasteiger partial charge in [-0.1, -0.05) is 13.8 Å². The molecule has 1 unspecified atom stereocenters. The van der Waals surface area contributed by atoms with Crippen molar-refractivity contribution in [2.24, 2.45) is 5.41 Å². The van der Waals surface area contributed by atoms with Crippen molar-refractivity contribution in [3.8, 4) is 0 Å². The number of benzene rings is 1. The number of amides is 1. The van der Waals surface area contributed by atoms with E-state index in [0.29, 0.717) is 5.56 Å². The van der Waals surface area contributed by atoms with Crippen LogP contribution in [0.3, 0.4) is 0 Å². The number of rotatable bonds is 2. The van der Waals surface area contributed by atoms with Gasteiger partial charge in [0.05, 0.1) is 5.69 Å². The summed E-state index contributed by atoms with van der Waals surface area (Å²) in [6, 6.07) is 5.96. The molecule has 5 heteroatoms.